The standard InChI is InChI=1S/C10H20BrNO/c1-6-7(2)10(11)12-8(3)9(4)13-5/h7,9-10,12H,3,6H2,1-2,4-5H3/t7?,9-,10?/m0/s1. The van der Waals surface area contributed by atoms with Crippen LogP contribution in [-0.2, 0) is 4.74 Å². The monoisotopic (exact) mass is 249 g/mol. The van der Waals surface area contributed by atoms with Crippen molar-refractivity contribution >= 4 is 15.9 Å². The summed E-state index contributed by atoms with van der Waals surface area (Å²) >= 11 is 3.57. The molecule has 0 aromatic carbocycles. The lowest BCUT2D eigenvalue weighted by atomic mass is 10.1. The molecule has 0 aromatic heterocycles. The number of alkyl halides is 1. The van der Waals surface area contributed by atoms with Crippen LogP contribution in [-0.4, -0.2) is 18.2 Å². The Bertz CT molecular complexity index is 161. The molecule has 13 heavy (non-hydrogen) atoms. The van der Waals surface area contributed by atoms with Crippen molar-refractivity contribution in [1.29, 1.82) is 0 Å². The van der Waals surface area contributed by atoms with Gasteiger partial charge in [0, 0.05) is 12.8 Å². The van der Waals surface area contributed by atoms with Gasteiger partial charge < -0.3 is 10.1 Å². The van der Waals surface area contributed by atoms with E-state index in [1.807, 2.05) is 6.92 Å². The van der Waals surface area contributed by atoms with E-state index in [9.17, 15) is 0 Å². The van der Waals surface area contributed by atoms with Crippen LogP contribution in [0.2, 0.25) is 0 Å². The second-order valence-corrected chi connectivity index (χ2v) is 4.32. The molecular weight excluding hydrogens is 230 g/mol. The van der Waals surface area contributed by atoms with Crippen LogP contribution in [0.3, 0.4) is 0 Å². The predicted octanol–water partition coefficient (Wildman–Crippen LogP) is 2.89. The van der Waals surface area contributed by atoms with Crippen LogP contribution in [0.15, 0.2) is 12.3 Å². The Labute approximate surface area is 89.9 Å². The van der Waals surface area contributed by atoms with Gasteiger partial charge in [-0.2, -0.15) is 0 Å². The molecule has 78 valence electrons. The summed E-state index contributed by atoms with van der Waals surface area (Å²) in [6.45, 7) is 10.3. The Balaban J connectivity index is 3.91. The Morgan fingerprint density at radius 1 is 1.54 bits per heavy atom. The molecule has 0 radical (unpaired) electrons. The molecular formula is C10H20BrNO. The molecule has 0 aromatic rings. The minimum atomic E-state index is 0.0594. The molecule has 0 aliphatic rings. The third-order valence-corrected chi connectivity index (χ3v) is 3.44. The van der Waals surface area contributed by atoms with Gasteiger partial charge in [-0.1, -0.05) is 42.8 Å². The second-order valence-electron chi connectivity index (χ2n) is 3.33. The molecule has 3 heteroatoms. The Hall–Kier alpha value is -0.0200. The Kier molecular flexibility index (Phi) is 6.43. The molecule has 0 bridgehead atoms. The second kappa shape index (κ2) is 6.44. The van der Waals surface area contributed by atoms with E-state index in [0.29, 0.717) is 5.92 Å². The number of methoxy groups -OCH3 is 1. The first kappa shape index (κ1) is 13.0. The van der Waals surface area contributed by atoms with E-state index in [4.69, 9.17) is 4.74 Å². The van der Waals surface area contributed by atoms with Gasteiger partial charge in [-0.05, 0) is 12.8 Å². The van der Waals surface area contributed by atoms with Crippen LogP contribution in [0.5, 0.6) is 0 Å². The summed E-state index contributed by atoms with van der Waals surface area (Å²) < 4.78 is 5.14. The fraction of sp³-hybridized carbons (Fsp3) is 0.800. The van der Waals surface area contributed by atoms with Crippen LogP contribution >= 0.6 is 15.9 Å². The molecule has 0 saturated heterocycles. The SMILES string of the molecule is C=C(NC(Br)C(C)CC)[C@H](C)OC. The Morgan fingerprint density at radius 3 is 2.46 bits per heavy atom. The molecule has 0 heterocycles. The van der Waals surface area contributed by atoms with Gasteiger partial charge in [0.15, 0.2) is 0 Å². The lowest BCUT2D eigenvalue weighted by Gasteiger charge is -2.23. The molecule has 0 saturated carbocycles. The number of ether oxygens (including phenoxy) is 1. The molecule has 1 N–H and O–H groups in total. The van der Waals surface area contributed by atoms with Gasteiger partial charge >= 0.3 is 0 Å². The zero-order chi connectivity index (χ0) is 10.4. The van der Waals surface area contributed by atoms with Crippen LogP contribution in [0, 0.1) is 5.92 Å². The zero-order valence-electron chi connectivity index (χ0n) is 8.93. The molecule has 0 spiro atoms. The summed E-state index contributed by atoms with van der Waals surface area (Å²) in [6.07, 6.45) is 1.20. The Morgan fingerprint density at radius 2 is 2.08 bits per heavy atom. The highest BCUT2D eigenvalue weighted by Gasteiger charge is 2.14. The summed E-state index contributed by atoms with van der Waals surface area (Å²) in [7, 11) is 1.68. The zero-order valence-corrected chi connectivity index (χ0v) is 10.5. The molecule has 2 unspecified atom stereocenters. The average Bonchev–Trinajstić information content (AvgIpc) is 2.14. The van der Waals surface area contributed by atoms with Gasteiger partial charge in [-0.25, -0.2) is 0 Å². The van der Waals surface area contributed by atoms with Gasteiger partial charge in [0.25, 0.3) is 0 Å². The molecule has 2 nitrogen and oxygen atoms in total. The van der Waals surface area contributed by atoms with Crippen LogP contribution in [0.1, 0.15) is 27.2 Å². The summed E-state index contributed by atoms with van der Waals surface area (Å²) in [5.41, 5.74) is 0.921. The average molecular weight is 250 g/mol. The first-order chi connectivity index (χ1) is 6.02. The largest absolute Gasteiger partial charge is 0.376 e. The van der Waals surface area contributed by atoms with E-state index in [-0.39, 0.29) is 11.1 Å². The van der Waals surface area contributed by atoms with Crippen molar-refractivity contribution in [3.8, 4) is 0 Å². The van der Waals surface area contributed by atoms with Crippen molar-refractivity contribution in [3.63, 3.8) is 0 Å². The lowest BCUT2D eigenvalue weighted by Crippen LogP contribution is -2.32. The smallest absolute Gasteiger partial charge is 0.0931 e. The fourth-order valence-corrected chi connectivity index (χ4v) is 1.45. The number of halogens is 1. The van der Waals surface area contributed by atoms with Gasteiger partial charge in [-0.3, -0.25) is 0 Å². The maximum absolute atomic E-state index is 5.14. The molecule has 0 aliphatic heterocycles. The van der Waals surface area contributed by atoms with E-state index >= 15 is 0 Å². The minimum absolute atomic E-state index is 0.0594. The maximum atomic E-state index is 5.14. The summed E-state index contributed by atoms with van der Waals surface area (Å²) in [6, 6.07) is 0. The molecule has 0 aliphatic carbocycles. The van der Waals surface area contributed by atoms with Crippen LogP contribution in [0.25, 0.3) is 0 Å². The normalized spacial score (nSPS) is 17.6. The quantitative estimate of drug-likeness (QED) is 0.578. The summed E-state index contributed by atoms with van der Waals surface area (Å²) in [4.78, 5) is 0.280. The highest BCUT2D eigenvalue weighted by atomic mass is 79.9. The van der Waals surface area contributed by atoms with Crippen molar-refractivity contribution in [2.24, 2.45) is 5.92 Å². The molecule has 0 amide bonds. The van der Waals surface area contributed by atoms with E-state index in [1.54, 1.807) is 7.11 Å². The lowest BCUT2D eigenvalue weighted by molar-refractivity contribution is 0.140. The highest BCUT2D eigenvalue weighted by molar-refractivity contribution is 9.09. The van der Waals surface area contributed by atoms with E-state index < -0.39 is 0 Å². The maximum Gasteiger partial charge on any atom is 0.0931 e. The fourth-order valence-electron chi connectivity index (χ4n) is 0.786. The molecule has 0 rings (SSSR count). The van der Waals surface area contributed by atoms with E-state index in [1.165, 1.54) is 0 Å². The van der Waals surface area contributed by atoms with Crippen molar-refractivity contribution in [3.05, 3.63) is 12.3 Å². The van der Waals surface area contributed by atoms with Crippen molar-refractivity contribution in [2.75, 3.05) is 7.11 Å². The minimum Gasteiger partial charge on any atom is -0.376 e. The number of nitrogens with one attached hydrogen (secondary N) is 1. The van der Waals surface area contributed by atoms with Gasteiger partial charge in [0.1, 0.15) is 0 Å². The predicted molar refractivity (Wildman–Crippen MR) is 60.9 cm³/mol. The summed E-state index contributed by atoms with van der Waals surface area (Å²) in [5, 5.41) is 3.28. The van der Waals surface area contributed by atoms with Crippen molar-refractivity contribution in [2.45, 2.75) is 38.2 Å². The van der Waals surface area contributed by atoms with Crippen LogP contribution in [0.4, 0.5) is 0 Å². The van der Waals surface area contributed by atoms with Crippen LogP contribution < -0.4 is 5.32 Å². The van der Waals surface area contributed by atoms with Gasteiger partial charge in [0.2, 0.25) is 0 Å². The third-order valence-electron chi connectivity index (χ3n) is 2.31. The highest BCUT2D eigenvalue weighted by Crippen LogP contribution is 2.15. The first-order valence-electron chi connectivity index (χ1n) is 4.65. The number of hydrogen-bond acceptors (Lipinski definition) is 2. The molecule has 0 fully saturated rings. The van der Waals surface area contributed by atoms with Crippen molar-refractivity contribution < 1.29 is 4.74 Å². The molecule has 3 atom stereocenters. The van der Waals surface area contributed by atoms with Crippen molar-refractivity contribution in [1.82, 2.24) is 5.32 Å². The first-order valence-corrected chi connectivity index (χ1v) is 5.56. The van der Waals surface area contributed by atoms with Gasteiger partial charge in [-0.15, -0.1) is 0 Å². The summed E-state index contributed by atoms with van der Waals surface area (Å²) in [5.74, 6) is 0.584. The van der Waals surface area contributed by atoms with E-state index in [0.717, 1.165) is 12.1 Å². The van der Waals surface area contributed by atoms with E-state index in [2.05, 4.69) is 41.7 Å². The number of rotatable bonds is 6. The number of hydrogen-bond donors (Lipinski definition) is 1. The van der Waals surface area contributed by atoms with Gasteiger partial charge in [0.05, 0.1) is 11.1 Å². The topological polar surface area (TPSA) is 21.3 Å². The third kappa shape index (κ3) is 4.67.